The number of nitrogens with zero attached hydrogens (tertiary/aromatic N) is 3. The van der Waals surface area contributed by atoms with Crippen molar-refractivity contribution in [3.63, 3.8) is 0 Å². The van der Waals surface area contributed by atoms with E-state index in [1.54, 1.807) is 0 Å². The van der Waals surface area contributed by atoms with Gasteiger partial charge in [-0.3, -0.25) is 19.2 Å². The van der Waals surface area contributed by atoms with E-state index in [1.165, 1.54) is 6.92 Å². The normalized spacial score (nSPS) is 27.5. The number of carbonyl (C=O) groups excluding carboxylic acids is 4. The molecule has 0 radical (unpaired) electrons. The van der Waals surface area contributed by atoms with E-state index >= 15 is 0 Å². The summed E-state index contributed by atoms with van der Waals surface area (Å²) in [6, 6.07) is 0. The molecule has 1 aliphatic rings. The van der Waals surface area contributed by atoms with Crippen molar-refractivity contribution < 1.29 is 38.1 Å². The first-order valence-electron chi connectivity index (χ1n) is 7.55. The van der Waals surface area contributed by atoms with Crippen LogP contribution in [0.2, 0.25) is 0 Å². The maximum Gasteiger partial charge on any atom is 0.303 e. The van der Waals surface area contributed by atoms with Gasteiger partial charge in [0.2, 0.25) is 5.91 Å². The van der Waals surface area contributed by atoms with Gasteiger partial charge in [-0.25, -0.2) is 0 Å². The highest BCUT2D eigenvalue weighted by atomic mass is 16.6. The van der Waals surface area contributed by atoms with Crippen molar-refractivity contribution in [2.75, 3.05) is 13.2 Å². The Morgan fingerprint density at radius 3 is 2.23 bits per heavy atom. The third-order valence-corrected chi connectivity index (χ3v) is 3.31. The van der Waals surface area contributed by atoms with E-state index in [4.69, 9.17) is 24.5 Å². The molecule has 4 unspecified atom stereocenters. The lowest BCUT2D eigenvalue weighted by atomic mass is 9.92. The van der Waals surface area contributed by atoms with Crippen LogP contribution in [0.15, 0.2) is 5.11 Å². The summed E-state index contributed by atoms with van der Waals surface area (Å²) >= 11 is 0. The van der Waals surface area contributed by atoms with Gasteiger partial charge in [0.05, 0.1) is 6.61 Å². The second-order valence-corrected chi connectivity index (χ2v) is 5.55. The van der Waals surface area contributed by atoms with Crippen LogP contribution in [0.3, 0.4) is 0 Å². The van der Waals surface area contributed by atoms with E-state index in [1.807, 2.05) is 0 Å². The number of esters is 3. The molecule has 1 aliphatic heterocycles. The van der Waals surface area contributed by atoms with E-state index < -0.39 is 54.4 Å². The van der Waals surface area contributed by atoms with E-state index in [2.05, 4.69) is 15.3 Å². The molecule has 12 nitrogen and oxygen atoms in total. The van der Waals surface area contributed by atoms with Crippen molar-refractivity contribution in [2.24, 2.45) is 5.11 Å². The minimum absolute atomic E-state index is 0.308. The fraction of sp³-hybridized carbons (Fsp3) is 0.714. The first-order valence-corrected chi connectivity index (χ1v) is 7.55. The van der Waals surface area contributed by atoms with Gasteiger partial charge in [0.1, 0.15) is 12.7 Å². The van der Waals surface area contributed by atoms with Crippen LogP contribution in [0, 0.1) is 0 Å². The third kappa shape index (κ3) is 5.60. The molecule has 1 saturated heterocycles. The summed E-state index contributed by atoms with van der Waals surface area (Å²) in [5.74, 6) is -2.72. The molecule has 1 heterocycles. The minimum Gasteiger partial charge on any atom is -0.463 e. The van der Waals surface area contributed by atoms with E-state index in [-0.39, 0.29) is 6.61 Å². The Morgan fingerprint density at radius 1 is 1.15 bits per heavy atom. The molecule has 4 atom stereocenters. The molecule has 0 aromatic carbocycles. The predicted molar refractivity (Wildman–Crippen MR) is 83.2 cm³/mol. The lowest BCUT2D eigenvalue weighted by Crippen LogP contribution is -2.69. The summed E-state index contributed by atoms with van der Waals surface area (Å²) in [5.41, 5.74) is 7.04. The average Bonchev–Trinajstić information content (AvgIpc) is 2.49. The van der Waals surface area contributed by atoms with Crippen molar-refractivity contribution in [1.29, 1.82) is 0 Å². The summed E-state index contributed by atoms with van der Waals surface area (Å²) in [7, 11) is 0. The van der Waals surface area contributed by atoms with Gasteiger partial charge in [-0.05, 0) is 5.53 Å². The highest BCUT2D eigenvalue weighted by Gasteiger charge is 2.55. The maximum absolute atomic E-state index is 11.6. The number of amides is 1. The highest BCUT2D eigenvalue weighted by molar-refractivity contribution is 5.74. The number of rotatable bonds is 6. The van der Waals surface area contributed by atoms with Crippen LogP contribution in [0.5, 0.6) is 0 Å². The largest absolute Gasteiger partial charge is 0.463 e. The van der Waals surface area contributed by atoms with Gasteiger partial charge in [-0.2, -0.15) is 0 Å². The smallest absolute Gasteiger partial charge is 0.303 e. The summed E-state index contributed by atoms with van der Waals surface area (Å²) in [6.45, 7) is 3.82. The monoisotopic (exact) mass is 372 g/mol. The first-order chi connectivity index (χ1) is 12.1. The summed E-state index contributed by atoms with van der Waals surface area (Å²) < 4.78 is 20.7. The quantitative estimate of drug-likeness (QED) is 0.223. The van der Waals surface area contributed by atoms with Crippen molar-refractivity contribution in [3.05, 3.63) is 10.4 Å². The average molecular weight is 372 g/mol. The molecule has 1 amide bonds. The van der Waals surface area contributed by atoms with Gasteiger partial charge in [-0.1, -0.05) is 5.11 Å². The third-order valence-electron chi connectivity index (χ3n) is 3.31. The molecule has 1 rings (SSSR count). The Hall–Kier alpha value is -2.85. The van der Waals surface area contributed by atoms with Crippen molar-refractivity contribution in [1.82, 2.24) is 5.32 Å². The zero-order valence-electron chi connectivity index (χ0n) is 14.8. The van der Waals surface area contributed by atoms with Gasteiger partial charge in [0, 0.05) is 32.6 Å². The molecule has 0 aromatic heterocycles. The predicted octanol–water partition coefficient (Wildman–Crippen LogP) is -0.0456. The Balaban J connectivity index is 3.34. The Bertz CT molecular complexity index is 632. The summed E-state index contributed by atoms with van der Waals surface area (Å²) in [6.07, 6.45) is -3.72. The van der Waals surface area contributed by atoms with Gasteiger partial charge in [0.15, 0.2) is 17.9 Å². The molecule has 1 N–H and O–H groups in total. The van der Waals surface area contributed by atoms with Gasteiger partial charge in [-0.15, -0.1) is 0 Å². The van der Waals surface area contributed by atoms with Gasteiger partial charge < -0.3 is 24.3 Å². The molecular weight excluding hydrogens is 352 g/mol. The minimum atomic E-state index is -1.85. The number of hydrogen-bond acceptors (Lipinski definition) is 9. The molecular formula is C14H20N4O8. The number of carbonyl (C=O) groups is 4. The SMILES string of the molecule is CC(=O)NC1(N=[N+]=[N-])COC(COC(C)=O)C(OC(C)=O)C1OC(C)=O. The van der Waals surface area contributed by atoms with E-state index in [9.17, 15) is 19.2 Å². The summed E-state index contributed by atoms with van der Waals surface area (Å²) in [4.78, 5) is 48.4. The fourth-order valence-electron chi connectivity index (χ4n) is 2.50. The Labute approximate surface area is 148 Å². The Kier molecular flexibility index (Phi) is 7.35. The zero-order chi connectivity index (χ0) is 19.9. The molecule has 0 bridgehead atoms. The molecule has 26 heavy (non-hydrogen) atoms. The fourth-order valence-corrected chi connectivity index (χ4v) is 2.50. The number of ether oxygens (including phenoxy) is 4. The van der Waals surface area contributed by atoms with Crippen LogP contribution in [0.25, 0.3) is 10.4 Å². The van der Waals surface area contributed by atoms with Gasteiger partial charge >= 0.3 is 17.9 Å². The molecule has 144 valence electrons. The molecule has 12 heteroatoms. The second kappa shape index (κ2) is 9.02. The van der Waals surface area contributed by atoms with Crippen molar-refractivity contribution >= 4 is 23.8 Å². The van der Waals surface area contributed by atoms with Crippen LogP contribution in [-0.4, -0.2) is 61.0 Å². The molecule has 0 aliphatic carbocycles. The maximum atomic E-state index is 11.6. The Morgan fingerprint density at radius 2 is 1.77 bits per heavy atom. The van der Waals surface area contributed by atoms with Crippen LogP contribution in [0.4, 0.5) is 0 Å². The van der Waals surface area contributed by atoms with Crippen LogP contribution >= 0.6 is 0 Å². The van der Waals surface area contributed by atoms with Crippen molar-refractivity contribution in [3.8, 4) is 0 Å². The standard InChI is InChI=1S/C14H20N4O8/c1-7(19)16-14(17-18-15)6-24-11(5-23-8(2)20)12(25-9(3)21)13(14)26-10(4)22/h11-13H,5-6H2,1-4H3,(H,16,19). The van der Waals surface area contributed by atoms with E-state index in [0.29, 0.717) is 0 Å². The lowest BCUT2D eigenvalue weighted by molar-refractivity contribution is -0.222. The van der Waals surface area contributed by atoms with E-state index in [0.717, 1.165) is 20.8 Å². The van der Waals surface area contributed by atoms with Crippen LogP contribution in [0.1, 0.15) is 27.7 Å². The summed E-state index contributed by atoms with van der Waals surface area (Å²) in [5, 5.41) is 5.90. The molecule has 0 spiro atoms. The van der Waals surface area contributed by atoms with Crippen molar-refractivity contribution in [2.45, 2.75) is 51.7 Å². The molecule has 0 saturated carbocycles. The number of azide groups is 1. The second-order valence-electron chi connectivity index (χ2n) is 5.55. The lowest BCUT2D eigenvalue weighted by Gasteiger charge is -2.46. The zero-order valence-corrected chi connectivity index (χ0v) is 14.8. The molecule has 0 aromatic rings. The van der Waals surface area contributed by atoms with Crippen LogP contribution < -0.4 is 5.32 Å². The van der Waals surface area contributed by atoms with Crippen LogP contribution in [-0.2, 0) is 38.1 Å². The topological polar surface area (TPSA) is 166 Å². The van der Waals surface area contributed by atoms with Gasteiger partial charge in [0.25, 0.3) is 0 Å². The number of nitrogens with one attached hydrogen (secondary N) is 1. The highest BCUT2D eigenvalue weighted by Crippen LogP contribution is 2.31. The molecule has 1 fully saturated rings. The number of hydrogen-bond donors (Lipinski definition) is 1. The first kappa shape index (κ1) is 21.2.